The van der Waals surface area contributed by atoms with Crippen molar-refractivity contribution >= 4 is 0 Å². The second kappa shape index (κ2) is 5.48. The maximum Gasteiger partial charge on any atom is 0.0632 e. The first kappa shape index (κ1) is 12.3. The Morgan fingerprint density at radius 2 is 1.44 bits per heavy atom. The van der Waals surface area contributed by atoms with E-state index in [0.717, 1.165) is 25.8 Å². The summed E-state index contributed by atoms with van der Waals surface area (Å²) in [7, 11) is 0. The lowest BCUT2D eigenvalue weighted by Crippen LogP contribution is -2.35. The van der Waals surface area contributed by atoms with Crippen LogP contribution in [0.3, 0.4) is 0 Å². The highest BCUT2D eigenvalue weighted by atomic mass is 16.3. The van der Waals surface area contributed by atoms with Gasteiger partial charge in [0.25, 0.3) is 0 Å². The average molecular weight is 226 g/mol. The predicted octanol–water partition coefficient (Wildman–Crippen LogP) is 1.32. The Bertz CT molecular complexity index is 212. The molecule has 1 unspecified atom stereocenters. The Kier molecular flexibility index (Phi) is 4.22. The molecule has 3 heteroatoms. The van der Waals surface area contributed by atoms with Crippen LogP contribution in [0.25, 0.3) is 0 Å². The third kappa shape index (κ3) is 3.72. The number of likely N-dealkylation sites (tertiary alicyclic amines) is 2. The van der Waals surface area contributed by atoms with Gasteiger partial charge in [-0.2, -0.15) is 0 Å². The Morgan fingerprint density at radius 3 is 2.12 bits per heavy atom. The van der Waals surface area contributed by atoms with E-state index < -0.39 is 5.60 Å². The molecule has 0 bridgehead atoms. The second-order valence-corrected chi connectivity index (χ2v) is 5.74. The highest BCUT2D eigenvalue weighted by Crippen LogP contribution is 2.21. The van der Waals surface area contributed by atoms with Gasteiger partial charge in [0.1, 0.15) is 0 Å². The summed E-state index contributed by atoms with van der Waals surface area (Å²) < 4.78 is 0. The quantitative estimate of drug-likeness (QED) is 0.786. The van der Waals surface area contributed by atoms with Gasteiger partial charge >= 0.3 is 0 Å². The van der Waals surface area contributed by atoms with Crippen LogP contribution in [0, 0.1) is 0 Å². The van der Waals surface area contributed by atoms with Crippen LogP contribution in [0.4, 0.5) is 0 Å². The Balaban J connectivity index is 1.69. The highest BCUT2D eigenvalue weighted by Gasteiger charge is 2.25. The van der Waals surface area contributed by atoms with E-state index in [9.17, 15) is 5.11 Å². The van der Waals surface area contributed by atoms with E-state index in [1.807, 2.05) is 6.92 Å². The van der Waals surface area contributed by atoms with Gasteiger partial charge in [-0.25, -0.2) is 0 Å². The summed E-state index contributed by atoms with van der Waals surface area (Å²) in [4.78, 5) is 5.10. The minimum Gasteiger partial charge on any atom is -0.390 e. The third-order valence-corrected chi connectivity index (χ3v) is 4.09. The molecule has 0 saturated carbocycles. The fourth-order valence-electron chi connectivity index (χ4n) is 2.83. The van der Waals surface area contributed by atoms with Crippen molar-refractivity contribution in [1.29, 1.82) is 0 Å². The van der Waals surface area contributed by atoms with E-state index in [2.05, 4.69) is 9.80 Å². The SMILES string of the molecule is CC1(O)CCCN(CCN2CCCC2)CC1. The van der Waals surface area contributed by atoms with Gasteiger partial charge in [0.15, 0.2) is 0 Å². The molecule has 3 nitrogen and oxygen atoms in total. The van der Waals surface area contributed by atoms with Crippen molar-refractivity contribution in [1.82, 2.24) is 9.80 Å². The summed E-state index contributed by atoms with van der Waals surface area (Å²) in [5.74, 6) is 0. The molecule has 2 heterocycles. The van der Waals surface area contributed by atoms with Crippen LogP contribution in [0.5, 0.6) is 0 Å². The van der Waals surface area contributed by atoms with Crippen LogP contribution in [0.15, 0.2) is 0 Å². The molecule has 0 aromatic heterocycles. The van der Waals surface area contributed by atoms with Crippen LogP contribution in [-0.4, -0.2) is 59.8 Å². The minimum absolute atomic E-state index is 0.414. The fourth-order valence-corrected chi connectivity index (χ4v) is 2.83. The molecule has 0 radical (unpaired) electrons. The van der Waals surface area contributed by atoms with E-state index >= 15 is 0 Å². The fraction of sp³-hybridized carbons (Fsp3) is 1.00. The normalized spacial score (nSPS) is 34.1. The smallest absolute Gasteiger partial charge is 0.0632 e. The number of nitrogens with zero attached hydrogens (tertiary/aromatic N) is 2. The summed E-state index contributed by atoms with van der Waals surface area (Å²) in [5.41, 5.74) is -0.414. The van der Waals surface area contributed by atoms with Crippen molar-refractivity contribution in [3.8, 4) is 0 Å². The minimum atomic E-state index is -0.414. The van der Waals surface area contributed by atoms with Crippen LogP contribution >= 0.6 is 0 Å². The van der Waals surface area contributed by atoms with Crippen molar-refractivity contribution in [2.75, 3.05) is 39.3 Å². The van der Waals surface area contributed by atoms with Gasteiger partial charge in [0.2, 0.25) is 0 Å². The van der Waals surface area contributed by atoms with Gasteiger partial charge in [-0.05, 0) is 58.7 Å². The molecule has 2 saturated heterocycles. The summed E-state index contributed by atoms with van der Waals surface area (Å²) >= 11 is 0. The van der Waals surface area contributed by atoms with Crippen molar-refractivity contribution in [3.63, 3.8) is 0 Å². The van der Waals surface area contributed by atoms with E-state index in [0.29, 0.717) is 0 Å². The molecule has 16 heavy (non-hydrogen) atoms. The number of hydrogen-bond donors (Lipinski definition) is 1. The van der Waals surface area contributed by atoms with E-state index in [1.165, 1.54) is 45.6 Å². The van der Waals surface area contributed by atoms with Crippen LogP contribution in [0.2, 0.25) is 0 Å². The zero-order valence-electron chi connectivity index (χ0n) is 10.6. The highest BCUT2D eigenvalue weighted by molar-refractivity contribution is 4.79. The Labute approximate surface area is 99.4 Å². The van der Waals surface area contributed by atoms with Gasteiger partial charge in [0.05, 0.1) is 5.60 Å². The monoisotopic (exact) mass is 226 g/mol. The standard InChI is InChI=1S/C13H26N2O/c1-13(16)5-4-9-15(10-6-13)12-11-14-7-2-3-8-14/h16H,2-12H2,1H3. The predicted molar refractivity (Wildman–Crippen MR) is 66.6 cm³/mol. The maximum atomic E-state index is 10.0. The van der Waals surface area contributed by atoms with Crippen molar-refractivity contribution in [2.45, 2.75) is 44.6 Å². The zero-order valence-corrected chi connectivity index (χ0v) is 10.6. The summed E-state index contributed by atoms with van der Waals surface area (Å²) in [6.45, 7) is 9.23. The lowest BCUT2D eigenvalue weighted by molar-refractivity contribution is 0.0444. The molecule has 0 aromatic rings. The van der Waals surface area contributed by atoms with Crippen molar-refractivity contribution < 1.29 is 5.11 Å². The molecule has 0 amide bonds. The molecule has 1 N–H and O–H groups in total. The van der Waals surface area contributed by atoms with Gasteiger partial charge in [0, 0.05) is 19.6 Å². The Hall–Kier alpha value is -0.120. The average Bonchev–Trinajstić information content (AvgIpc) is 2.68. The third-order valence-electron chi connectivity index (χ3n) is 4.09. The molecule has 1 atom stereocenters. The van der Waals surface area contributed by atoms with Gasteiger partial charge in [-0.3, -0.25) is 0 Å². The maximum absolute atomic E-state index is 10.0. The number of hydrogen-bond acceptors (Lipinski definition) is 3. The van der Waals surface area contributed by atoms with Crippen LogP contribution < -0.4 is 0 Å². The summed E-state index contributed by atoms with van der Waals surface area (Å²) in [6.07, 6.45) is 5.82. The molecule has 2 aliphatic rings. The lowest BCUT2D eigenvalue weighted by atomic mass is 9.98. The lowest BCUT2D eigenvalue weighted by Gasteiger charge is -2.24. The van der Waals surface area contributed by atoms with Crippen LogP contribution in [0.1, 0.15) is 39.0 Å². The second-order valence-electron chi connectivity index (χ2n) is 5.74. The Morgan fingerprint density at radius 1 is 0.875 bits per heavy atom. The molecular formula is C13H26N2O. The van der Waals surface area contributed by atoms with Crippen LogP contribution in [-0.2, 0) is 0 Å². The molecule has 2 aliphatic heterocycles. The van der Waals surface area contributed by atoms with E-state index in [4.69, 9.17) is 0 Å². The molecule has 0 aromatic carbocycles. The van der Waals surface area contributed by atoms with Crippen molar-refractivity contribution in [3.05, 3.63) is 0 Å². The first-order valence-electron chi connectivity index (χ1n) is 6.83. The van der Waals surface area contributed by atoms with Gasteiger partial charge < -0.3 is 14.9 Å². The largest absolute Gasteiger partial charge is 0.390 e. The first-order valence-corrected chi connectivity index (χ1v) is 6.83. The van der Waals surface area contributed by atoms with Gasteiger partial charge in [-0.1, -0.05) is 0 Å². The topological polar surface area (TPSA) is 26.7 Å². The summed E-state index contributed by atoms with van der Waals surface area (Å²) in [5, 5.41) is 10.0. The molecule has 0 spiro atoms. The first-order chi connectivity index (χ1) is 7.66. The summed E-state index contributed by atoms with van der Waals surface area (Å²) in [6, 6.07) is 0. The zero-order chi connectivity index (χ0) is 11.4. The van der Waals surface area contributed by atoms with E-state index in [1.54, 1.807) is 0 Å². The molecule has 94 valence electrons. The van der Waals surface area contributed by atoms with E-state index in [-0.39, 0.29) is 0 Å². The number of aliphatic hydroxyl groups is 1. The molecule has 0 aliphatic carbocycles. The molecular weight excluding hydrogens is 200 g/mol. The molecule has 2 fully saturated rings. The molecule has 2 rings (SSSR count). The van der Waals surface area contributed by atoms with Crippen molar-refractivity contribution in [2.24, 2.45) is 0 Å². The number of rotatable bonds is 3. The van der Waals surface area contributed by atoms with Gasteiger partial charge in [-0.15, -0.1) is 0 Å².